The summed E-state index contributed by atoms with van der Waals surface area (Å²) in [6, 6.07) is 0. The van der Waals surface area contributed by atoms with Crippen LogP contribution < -0.4 is 0 Å². The van der Waals surface area contributed by atoms with Crippen LogP contribution in [-0.2, 0) is 80.9 Å². The maximum atomic E-state index is 14.0. The van der Waals surface area contributed by atoms with E-state index < -0.39 is 154 Å². The van der Waals surface area contributed by atoms with Gasteiger partial charge in [-0.1, -0.05) is 0 Å². The first-order valence-electron chi connectivity index (χ1n) is 22.0. The summed E-state index contributed by atoms with van der Waals surface area (Å²) in [5.74, 6) is -5.52. The zero-order chi connectivity index (χ0) is 50.8. The number of carbonyl (C=O) groups is 7. The van der Waals surface area contributed by atoms with Crippen LogP contribution in [-0.4, -0.2) is 122 Å². The molecule has 0 saturated carbocycles. The predicted molar refractivity (Wildman–Crippen MR) is 232 cm³/mol. The SMILES string of the molecule is CC(C)(C)C(=O)OC[C@H]1O[C@H](O)[C@H](OC(=O)C(C)(C)C)[C@@H](OC(=O)C(C)(C)C)[C@@H]1O[C@@H]1O[C@H](COC(=O)C(C)(C)C)[C@@H](OC(=O)C(C)(C)C)[C@H](OC(=O)C(C)(C)C)[C@H]1OC(=O)C(C)(C)C. The van der Waals surface area contributed by atoms with Gasteiger partial charge >= 0.3 is 41.8 Å². The van der Waals surface area contributed by atoms with Gasteiger partial charge in [0.25, 0.3) is 0 Å². The summed E-state index contributed by atoms with van der Waals surface area (Å²) in [5.41, 5.74) is -7.92. The van der Waals surface area contributed by atoms with Gasteiger partial charge in [0.05, 0.1) is 37.9 Å². The Bertz CT molecular complexity index is 1720. The van der Waals surface area contributed by atoms with Crippen molar-refractivity contribution < 1.29 is 86.0 Å². The minimum Gasteiger partial charge on any atom is -0.462 e. The molecule has 0 aliphatic carbocycles. The molecular formula is C47H78O18. The van der Waals surface area contributed by atoms with E-state index in [4.69, 9.17) is 47.4 Å². The van der Waals surface area contributed by atoms with Crippen molar-refractivity contribution in [2.45, 2.75) is 207 Å². The Hall–Kier alpha value is -3.87. The fourth-order valence-electron chi connectivity index (χ4n) is 5.38. The van der Waals surface area contributed by atoms with E-state index in [0.29, 0.717) is 0 Å². The van der Waals surface area contributed by atoms with Crippen molar-refractivity contribution in [2.24, 2.45) is 37.9 Å². The molecule has 0 radical (unpaired) electrons. The van der Waals surface area contributed by atoms with Crippen molar-refractivity contribution in [3.8, 4) is 0 Å². The van der Waals surface area contributed by atoms with Crippen LogP contribution in [0.5, 0.6) is 0 Å². The molecule has 2 aliphatic rings. The van der Waals surface area contributed by atoms with Crippen LogP contribution >= 0.6 is 0 Å². The third-order valence-electron chi connectivity index (χ3n) is 9.75. The molecular weight excluding hydrogens is 852 g/mol. The topological polar surface area (TPSA) is 232 Å². The third-order valence-corrected chi connectivity index (χ3v) is 9.75. The second-order valence-corrected chi connectivity index (χ2v) is 24.0. The summed E-state index contributed by atoms with van der Waals surface area (Å²) < 4.78 is 60.8. The van der Waals surface area contributed by atoms with Crippen LogP contribution in [0.25, 0.3) is 0 Å². The minimum atomic E-state index is -2.00. The zero-order valence-electron chi connectivity index (χ0n) is 42.6. The molecule has 2 aliphatic heterocycles. The van der Waals surface area contributed by atoms with Gasteiger partial charge in [-0.3, -0.25) is 33.6 Å². The molecule has 10 atom stereocenters. The second kappa shape index (κ2) is 20.6. The monoisotopic (exact) mass is 931 g/mol. The van der Waals surface area contributed by atoms with Gasteiger partial charge < -0.3 is 52.5 Å². The fourth-order valence-corrected chi connectivity index (χ4v) is 5.38. The number of aliphatic hydroxyl groups is 1. The molecule has 0 aromatic rings. The third kappa shape index (κ3) is 16.2. The predicted octanol–water partition coefficient (Wildman–Crippen LogP) is 5.78. The second-order valence-electron chi connectivity index (χ2n) is 24.0. The van der Waals surface area contributed by atoms with Gasteiger partial charge in [-0.15, -0.1) is 0 Å². The van der Waals surface area contributed by atoms with Gasteiger partial charge in [-0.2, -0.15) is 0 Å². The molecule has 18 heteroatoms. The van der Waals surface area contributed by atoms with E-state index >= 15 is 0 Å². The number of carbonyl (C=O) groups excluding carboxylic acids is 7. The van der Waals surface area contributed by atoms with Crippen molar-refractivity contribution in [1.82, 2.24) is 0 Å². The molecule has 2 rings (SSSR count). The first kappa shape index (κ1) is 57.3. The summed E-state index contributed by atoms with van der Waals surface area (Å²) in [7, 11) is 0. The van der Waals surface area contributed by atoms with E-state index in [0.717, 1.165) is 0 Å². The van der Waals surface area contributed by atoms with Gasteiger partial charge in [0.1, 0.15) is 31.5 Å². The van der Waals surface area contributed by atoms with E-state index in [9.17, 15) is 38.7 Å². The van der Waals surface area contributed by atoms with Crippen LogP contribution in [0.1, 0.15) is 145 Å². The molecule has 0 aromatic carbocycles. The summed E-state index contributed by atoms with van der Waals surface area (Å²) in [5, 5.41) is 11.5. The van der Waals surface area contributed by atoms with Crippen LogP contribution in [0.4, 0.5) is 0 Å². The van der Waals surface area contributed by atoms with Crippen molar-refractivity contribution in [2.75, 3.05) is 13.2 Å². The Morgan fingerprint density at radius 3 is 0.938 bits per heavy atom. The Kier molecular flexibility index (Phi) is 18.1. The minimum absolute atomic E-state index is 0.623. The number of hydrogen-bond acceptors (Lipinski definition) is 18. The highest BCUT2D eigenvalue weighted by Gasteiger charge is 2.59. The average molecular weight is 931 g/mol. The number of hydrogen-bond donors (Lipinski definition) is 1. The Morgan fingerprint density at radius 2 is 0.615 bits per heavy atom. The van der Waals surface area contributed by atoms with E-state index in [-0.39, 0.29) is 0 Å². The normalized spacial score (nSPS) is 27.1. The summed E-state index contributed by atoms with van der Waals surface area (Å²) in [6.07, 6.45) is -17.4. The molecule has 65 heavy (non-hydrogen) atoms. The quantitative estimate of drug-likeness (QED) is 0.191. The lowest BCUT2D eigenvalue weighted by atomic mass is 9.92. The number of ether oxygens (including phenoxy) is 10. The van der Waals surface area contributed by atoms with Crippen molar-refractivity contribution in [3.63, 3.8) is 0 Å². The molecule has 0 spiro atoms. The lowest BCUT2D eigenvalue weighted by Crippen LogP contribution is -2.68. The molecule has 0 bridgehead atoms. The molecule has 2 fully saturated rings. The van der Waals surface area contributed by atoms with Crippen molar-refractivity contribution in [1.29, 1.82) is 0 Å². The van der Waals surface area contributed by atoms with E-state index in [1.165, 1.54) is 0 Å². The first-order chi connectivity index (χ1) is 29.0. The zero-order valence-corrected chi connectivity index (χ0v) is 42.6. The Labute approximate surface area is 385 Å². The van der Waals surface area contributed by atoms with Crippen LogP contribution in [0.2, 0.25) is 0 Å². The van der Waals surface area contributed by atoms with Gasteiger partial charge in [0.2, 0.25) is 0 Å². The lowest BCUT2D eigenvalue weighted by Gasteiger charge is -2.49. The largest absolute Gasteiger partial charge is 0.462 e. The standard InChI is InChI=1S/C47H78O18/c1-41(2,3)34(49)56-22-24-26(28(62-37(52)44(10,11)12)30(32(48)58-24)64-39(54)46(16,17)18)60-33-31(65-40(55)47(19,20)21)29(63-38(53)45(13,14)15)27(61-36(51)43(7,8)9)25(59-33)23-57-35(50)42(4,5)6/h24-33,48H,22-23H2,1-21H3/t24-,25-,26-,27-,28+,29+,30-,31-,32+,33+/m1/s1. The van der Waals surface area contributed by atoms with Gasteiger partial charge in [-0.25, -0.2) is 0 Å². The molecule has 374 valence electrons. The van der Waals surface area contributed by atoms with E-state index in [1.807, 2.05) is 0 Å². The highest BCUT2D eigenvalue weighted by atomic mass is 16.8. The molecule has 0 amide bonds. The molecule has 0 aromatic heterocycles. The Balaban J connectivity index is 3.10. The molecule has 2 heterocycles. The summed E-state index contributed by atoms with van der Waals surface area (Å²) in [6.45, 7) is 31.9. The van der Waals surface area contributed by atoms with Crippen LogP contribution in [0.15, 0.2) is 0 Å². The maximum absolute atomic E-state index is 14.0. The lowest BCUT2D eigenvalue weighted by molar-refractivity contribution is -0.359. The van der Waals surface area contributed by atoms with Crippen LogP contribution in [0.3, 0.4) is 0 Å². The first-order valence-corrected chi connectivity index (χ1v) is 22.0. The summed E-state index contributed by atoms with van der Waals surface area (Å²) >= 11 is 0. The van der Waals surface area contributed by atoms with Gasteiger partial charge in [0.15, 0.2) is 43.1 Å². The molecule has 18 nitrogen and oxygen atoms in total. The number of rotatable bonds is 11. The molecule has 2 saturated heterocycles. The van der Waals surface area contributed by atoms with Crippen LogP contribution in [0, 0.1) is 37.9 Å². The molecule has 0 unspecified atom stereocenters. The Morgan fingerprint density at radius 1 is 0.354 bits per heavy atom. The highest BCUT2D eigenvalue weighted by Crippen LogP contribution is 2.39. The van der Waals surface area contributed by atoms with E-state index in [2.05, 4.69) is 0 Å². The van der Waals surface area contributed by atoms with E-state index in [1.54, 1.807) is 145 Å². The smallest absolute Gasteiger partial charge is 0.311 e. The number of aliphatic hydroxyl groups excluding tert-OH is 1. The maximum Gasteiger partial charge on any atom is 0.311 e. The summed E-state index contributed by atoms with van der Waals surface area (Å²) in [4.78, 5) is 95.4. The van der Waals surface area contributed by atoms with Crippen molar-refractivity contribution >= 4 is 41.8 Å². The van der Waals surface area contributed by atoms with Gasteiger partial charge in [-0.05, 0) is 145 Å². The fraction of sp³-hybridized carbons (Fsp3) is 0.851. The van der Waals surface area contributed by atoms with Crippen molar-refractivity contribution in [3.05, 3.63) is 0 Å². The van der Waals surface area contributed by atoms with Gasteiger partial charge in [0, 0.05) is 0 Å². The molecule has 1 N–H and O–H groups in total. The number of esters is 7. The highest BCUT2D eigenvalue weighted by molar-refractivity contribution is 5.79. The average Bonchev–Trinajstić information content (AvgIpc) is 3.11.